The molecule has 2 N–H and O–H groups in total. The Labute approximate surface area is 117 Å². The van der Waals surface area contributed by atoms with E-state index >= 15 is 0 Å². The molecule has 0 rings (SSSR count). The third-order valence-corrected chi connectivity index (χ3v) is 1.98. The van der Waals surface area contributed by atoms with Crippen molar-refractivity contribution in [2.45, 2.75) is 39.7 Å². The van der Waals surface area contributed by atoms with Crippen LogP contribution in [-0.4, -0.2) is 40.3 Å². The van der Waals surface area contributed by atoms with Gasteiger partial charge in [0, 0.05) is 0 Å². The number of esters is 1. The van der Waals surface area contributed by atoms with Crippen molar-refractivity contribution in [3.63, 3.8) is 0 Å². The summed E-state index contributed by atoms with van der Waals surface area (Å²) in [7, 11) is 0. The molecule has 0 heterocycles. The number of aliphatic carboxylic acids is 2. The number of carbonyl (C=O) groups excluding carboxylic acids is 1. The Morgan fingerprint density at radius 3 is 2.10 bits per heavy atom. The molecule has 0 aromatic carbocycles. The summed E-state index contributed by atoms with van der Waals surface area (Å²) in [4.78, 5) is 34.1. The fourth-order valence-corrected chi connectivity index (χ4v) is 1.23. The van der Waals surface area contributed by atoms with Gasteiger partial charge in [0.15, 0.2) is 5.92 Å². The second-order valence-electron chi connectivity index (χ2n) is 5.05. The Kier molecular flexibility index (Phi) is 6.75. The quantitative estimate of drug-likeness (QED) is 0.240. The van der Waals surface area contributed by atoms with Crippen LogP contribution in [0.4, 0.5) is 0 Å². The summed E-state index contributed by atoms with van der Waals surface area (Å²) in [6, 6.07) is 0. The van der Waals surface area contributed by atoms with E-state index in [9.17, 15) is 14.4 Å². The van der Waals surface area contributed by atoms with Gasteiger partial charge in [-0.05, 0) is 27.2 Å². The molecular weight excluding hydrogens is 268 g/mol. The standard InChI is InChI=1S/C13H20O7/c1-5-6-19-7-8(10(14)15)9(11(16)17)12(18)20-13(2,3)4/h7,9H,5-6H2,1-4H3,(H,14,15)(H,16,17). The molecule has 0 saturated heterocycles. The molecule has 0 aliphatic carbocycles. The fraction of sp³-hybridized carbons (Fsp3) is 0.615. The van der Waals surface area contributed by atoms with Crippen LogP contribution in [0.1, 0.15) is 34.1 Å². The first-order valence-corrected chi connectivity index (χ1v) is 6.10. The lowest BCUT2D eigenvalue weighted by molar-refractivity contribution is -0.166. The zero-order valence-electron chi connectivity index (χ0n) is 12.0. The zero-order valence-corrected chi connectivity index (χ0v) is 12.0. The van der Waals surface area contributed by atoms with Gasteiger partial charge in [-0.2, -0.15) is 0 Å². The van der Waals surface area contributed by atoms with Gasteiger partial charge in [-0.1, -0.05) is 6.92 Å². The summed E-state index contributed by atoms with van der Waals surface area (Å²) in [5.74, 6) is -6.21. The molecule has 7 nitrogen and oxygen atoms in total. The maximum absolute atomic E-state index is 11.8. The Balaban J connectivity index is 5.30. The lowest BCUT2D eigenvalue weighted by Crippen LogP contribution is -2.35. The van der Waals surface area contributed by atoms with Crippen molar-refractivity contribution in [2.75, 3.05) is 6.61 Å². The Bertz CT molecular complexity index is 403. The van der Waals surface area contributed by atoms with Crippen LogP contribution in [0, 0.1) is 5.92 Å². The van der Waals surface area contributed by atoms with E-state index in [4.69, 9.17) is 19.7 Å². The van der Waals surface area contributed by atoms with Crippen molar-refractivity contribution in [2.24, 2.45) is 5.92 Å². The fourth-order valence-electron chi connectivity index (χ4n) is 1.23. The maximum atomic E-state index is 11.8. The Morgan fingerprint density at radius 2 is 1.75 bits per heavy atom. The molecule has 0 aliphatic heterocycles. The van der Waals surface area contributed by atoms with E-state index in [2.05, 4.69) is 0 Å². The molecule has 0 aliphatic rings. The third-order valence-electron chi connectivity index (χ3n) is 1.98. The van der Waals surface area contributed by atoms with Gasteiger partial charge in [0.05, 0.1) is 18.4 Å². The molecule has 0 aromatic heterocycles. The van der Waals surface area contributed by atoms with Crippen LogP contribution in [0.3, 0.4) is 0 Å². The number of carbonyl (C=O) groups is 3. The van der Waals surface area contributed by atoms with Crippen molar-refractivity contribution < 1.29 is 34.1 Å². The van der Waals surface area contributed by atoms with Crippen molar-refractivity contribution in [1.29, 1.82) is 0 Å². The SMILES string of the molecule is CCCOC=C(C(=O)O)C(C(=O)O)C(=O)OC(C)(C)C. The molecule has 0 aromatic rings. The van der Waals surface area contributed by atoms with Gasteiger partial charge < -0.3 is 19.7 Å². The molecule has 7 heteroatoms. The minimum atomic E-state index is -1.93. The number of carboxylic acids is 2. The predicted octanol–water partition coefficient (Wildman–Crippen LogP) is 1.42. The van der Waals surface area contributed by atoms with E-state index in [1.165, 1.54) is 0 Å². The second kappa shape index (κ2) is 7.52. The average molecular weight is 288 g/mol. The largest absolute Gasteiger partial charge is 0.501 e. The van der Waals surface area contributed by atoms with E-state index in [1.54, 1.807) is 27.7 Å². The highest BCUT2D eigenvalue weighted by molar-refractivity contribution is 6.06. The lowest BCUT2D eigenvalue weighted by Gasteiger charge is -2.22. The molecular formula is C13H20O7. The average Bonchev–Trinajstić information content (AvgIpc) is 2.24. The first kappa shape index (κ1) is 17.9. The van der Waals surface area contributed by atoms with Crippen molar-refractivity contribution in [1.82, 2.24) is 0 Å². The highest BCUT2D eigenvalue weighted by Gasteiger charge is 2.38. The van der Waals surface area contributed by atoms with E-state index in [1.807, 2.05) is 0 Å². The summed E-state index contributed by atoms with van der Waals surface area (Å²) in [6.07, 6.45) is 1.40. The van der Waals surface area contributed by atoms with Crippen LogP contribution in [0.5, 0.6) is 0 Å². The van der Waals surface area contributed by atoms with E-state index in [0.29, 0.717) is 6.42 Å². The van der Waals surface area contributed by atoms with Crippen molar-refractivity contribution >= 4 is 17.9 Å². The summed E-state index contributed by atoms with van der Waals surface area (Å²) in [5, 5.41) is 18.1. The monoisotopic (exact) mass is 288 g/mol. The summed E-state index contributed by atoms with van der Waals surface area (Å²) < 4.78 is 9.82. The van der Waals surface area contributed by atoms with E-state index in [0.717, 1.165) is 6.26 Å². The number of hydrogen-bond acceptors (Lipinski definition) is 5. The predicted molar refractivity (Wildman–Crippen MR) is 68.9 cm³/mol. The minimum Gasteiger partial charge on any atom is -0.501 e. The smallest absolute Gasteiger partial charge is 0.336 e. The van der Waals surface area contributed by atoms with Crippen LogP contribution >= 0.6 is 0 Å². The molecule has 114 valence electrons. The topological polar surface area (TPSA) is 110 Å². The van der Waals surface area contributed by atoms with Gasteiger partial charge in [-0.25, -0.2) is 4.79 Å². The number of carboxylic acid groups (broad SMARTS) is 2. The van der Waals surface area contributed by atoms with Gasteiger partial charge in [-0.3, -0.25) is 9.59 Å². The molecule has 0 amide bonds. The number of hydrogen-bond donors (Lipinski definition) is 2. The molecule has 0 bridgehead atoms. The molecule has 0 radical (unpaired) electrons. The Morgan fingerprint density at radius 1 is 1.20 bits per heavy atom. The normalized spacial score (nSPS) is 13.5. The van der Waals surface area contributed by atoms with Gasteiger partial charge >= 0.3 is 17.9 Å². The van der Waals surface area contributed by atoms with Crippen molar-refractivity contribution in [3.05, 3.63) is 11.8 Å². The third kappa shape index (κ3) is 6.21. The molecule has 1 atom stereocenters. The highest BCUT2D eigenvalue weighted by Crippen LogP contribution is 2.19. The first-order chi connectivity index (χ1) is 9.10. The molecule has 0 spiro atoms. The molecule has 0 fully saturated rings. The second-order valence-corrected chi connectivity index (χ2v) is 5.05. The van der Waals surface area contributed by atoms with E-state index in [-0.39, 0.29) is 6.61 Å². The van der Waals surface area contributed by atoms with Crippen LogP contribution < -0.4 is 0 Å². The number of ether oxygens (including phenoxy) is 2. The van der Waals surface area contributed by atoms with Crippen LogP contribution in [-0.2, 0) is 23.9 Å². The first-order valence-electron chi connectivity index (χ1n) is 6.10. The van der Waals surface area contributed by atoms with Gasteiger partial charge in [0.1, 0.15) is 5.60 Å². The van der Waals surface area contributed by atoms with Crippen molar-refractivity contribution in [3.8, 4) is 0 Å². The lowest BCUT2D eigenvalue weighted by atomic mass is 10.00. The summed E-state index contributed by atoms with van der Waals surface area (Å²) in [5.41, 5.74) is -1.58. The molecule has 1 unspecified atom stereocenters. The molecule has 20 heavy (non-hydrogen) atoms. The van der Waals surface area contributed by atoms with Crippen LogP contribution in [0.2, 0.25) is 0 Å². The summed E-state index contributed by atoms with van der Waals surface area (Å²) in [6.45, 7) is 6.69. The maximum Gasteiger partial charge on any atom is 0.336 e. The Hall–Kier alpha value is -2.05. The zero-order chi connectivity index (χ0) is 15.9. The summed E-state index contributed by atoms with van der Waals surface area (Å²) >= 11 is 0. The van der Waals surface area contributed by atoms with Gasteiger partial charge in [-0.15, -0.1) is 0 Å². The van der Waals surface area contributed by atoms with Crippen LogP contribution in [0.15, 0.2) is 11.8 Å². The van der Waals surface area contributed by atoms with Gasteiger partial charge in [0.25, 0.3) is 0 Å². The molecule has 0 saturated carbocycles. The highest BCUT2D eigenvalue weighted by atomic mass is 16.6. The number of rotatable bonds is 7. The van der Waals surface area contributed by atoms with Gasteiger partial charge in [0.2, 0.25) is 0 Å². The van der Waals surface area contributed by atoms with E-state index < -0.39 is 35.0 Å². The van der Waals surface area contributed by atoms with Crippen LogP contribution in [0.25, 0.3) is 0 Å². The minimum absolute atomic E-state index is 0.220.